The van der Waals surface area contributed by atoms with Crippen molar-refractivity contribution >= 4 is 5.78 Å². The third kappa shape index (κ3) is 1.59. The van der Waals surface area contributed by atoms with Gasteiger partial charge in [-0.15, -0.1) is 0 Å². The van der Waals surface area contributed by atoms with Gasteiger partial charge in [-0.1, -0.05) is 20.8 Å². The lowest BCUT2D eigenvalue weighted by Gasteiger charge is -2.47. The molecule has 3 atom stereocenters. The van der Waals surface area contributed by atoms with Gasteiger partial charge in [-0.25, -0.2) is 0 Å². The molecule has 0 unspecified atom stereocenters. The van der Waals surface area contributed by atoms with Gasteiger partial charge in [-0.3, -0.25) is 4.79 Å². The van der Waals surface area contributed by atoms with E-state index in [1.165, 1.54) is 0 Å². The Kier molecular flexibility index (Phi) is 2.40. The maximum Gasteiger partial charge on any atom is 0.169 e. The van der Waals surface area contributed by atoms with E-state index in [1.807, 2.05) is 20.8 Å². The second-order valence-electron chi connectivity index (χ2n) is 5.19. The number of carbonyl (C=O) groups is 1. The number of fused-ring (bicyclic) bond motifs is 1. The molecule has 2 heterocycles. The van der Waals surface area contributed by atoms with Gasteiger partial charge in [0.05, 0.1) is 6.10 Å². The van der Waals surface area contributed by atoms with Gasteiger partial charge >= 0.3 is 0 Å². The van der Waals surface area contributed by atoms with Gasteiger partial charge in [0, 0.05) is 12.0 Å². The van der Waals surface area contributed by atoms with Crippen molar-refractivity contribution in [2.75, 3.05) is 6.61 Å². The molecular formula is C11H18O3. The second kappa shape index (κ2) is 3.31. The zero-order valence-electron chi connectivity index (χ0n) is 9.08. The maximum atomic E-state index is 11.9. The molecule has 0 aromatic carbocycles. The molecule has 3 nitrogen and oxygen atoms in total. The first-order valence-corrected chi connectivity index (χ1v) is 5.31. The van der Waals surface area contributed by atoms with Crippen LogP contribution in [0.4, 0.5) is 0 Å². The molecule has 0 spiro atoms. The molecule has 0 aliphatic carbocycles. The van der Waals surface area contributed by atoms with Crippen LogP contribution in [0.1, 0.15) is 33.6 Å². The SMILES string of the molecule is CC(C)(C)C(=O)[C@H]1O[C@@H]2CCCO[C@H]12. The van der Waals surface area contributed by atoms with E-state index < -0.39 is 0 Å². The highest BCUT2D eigenvalue weighted by atomic mass is 16.6. The summed E-state index contributed by atoms with van der Waals surface area (Å²) in [5.74, 6) is 0.167. The van der Waals surface area contributed by atoms with Crippen LogP contribution in [-0.2, 0) is 14.3 Å². The number of Topliss-reactive ketones (excluding diaryl/α,β-unsaturated/α-hetero) is 1. The van der Waals surface area contributed by atoms with Crippen LogP contribution in [0.3, 0.4) is 0 Å². The minimum absolute atomic E-state index is 0.0375. The van der Waals surface area contributed by atoms with Gasteiger partial charge in [-0.05, 0) is 12.8 Å². The minimum atomic E-state index is -0.323. The van der Waals surface area contributed by atoms with Crippen LogP contribution in [0.5, 0.6) is 0 Å². The van der Waals surface area contributed by atoms with Gasteiger partial charge in [0.2, 0.25) is 0 Å². The van der Waals surface area contributed by atoms with Crippen LogP contribution in [0.15, 0.2) is 0 Å². The fraction of sp³-hybridized carbons (Fsp3) is 0.909. The number of ether oxygens (including phenoxy) is 2. The first kappa shape index (κ1) is 10.1. The number of rotatable bonds is 1. The zero-order chi connectivity index (χ0) is 10.3. The van der Waals surface area contributed by atoms with Crippen LogP contribution in [0, 0.1) is 5.41 Å². The van der Waals surface area contributed by atoms with Crippen molar-refractivity contribution in [3.63, 3.8) is 0 Å². The summed E-state index contributed by atoms with van der Waals surface area (Å²) in [4.78, 5) is 11.9. The fourth-order valence-corrected chi connectivity index (χ4v) is 2.02. The first-order chi connectivity index (χ1) is 6.50. The molecule has 0 aromatic heterocycles. The Hall–Kier alpha value is -0.410. The number of hydrogen-bond acceptors (Lipinski definition) is 3. The van der Waals surface area contributed by atoms with Crippen molar-refractivity contribution in [3.8, 4) is 0 Å². The molecule has 0 aromatic rings. The van der Waals surface area contributed by atoms with Gasteiger partial charge in [0.25, 0.3) is 0 Å². The predicted octanol–water partition coefficient (Wildman–Crippen LogP) is 1.55. The Labute approximate surface area is 84.8 Å². The van der Waals surface area contributed by atoms with Gasteiger partial charge < -0.3 is 9.47 Å². The van der Waals surface area contributed by atoms with Crippen LogP contribution >= 0.6 is 0 Å². The monoisotopic (exact) mass is 198 g/mol. The van der Waals surface area contributed by atoms with Crippen molar-refractivity contribution in [1.82, 2.24) is 0 Å². The molecule has 0 saturated carbocycles. The summed E-state index contributed by atoms with van der Waals surface area (Å²) in [5, 5.41) is 0. The molecule has 2 aliphatic rings. The van der Waals surface area contributed by atoms with E-state index in [0.717, 1.165) is 19.4 Å². The zero-order valence-corrected chi connectivity index (χ0v) is 9.08. The maximum absolute atomic E-state index is 11.9. The molecule has 2 rings (SSSR count). The summed E-state index contributed by atoms with van der Waals surface area (Å²) in [5.41, 5.74) is -0.323. The van der Waals surface area contributed by atoms with Crippen molar-refractivity contribution in [3.05, 3.63) is 0 Å². The summed E-state index contributed by atoms with van der Waals surface area (Å²) in [6, 6.07) is 0. The molecule has 0 N–H and O–H groups in total. The average molecular weight is 198 g/mol. The molecule has 2 saturated heterocycles. The van der Waals surface area contributed by atoms with E-state index in [1.54, 1.807) is 0 Å². The summed E-state index contributed by atoms with van der Waals surface area (Å²) in [6.45, 7) is 6.55. The molecule has 3 heteroatoms. The summed E-state index contributed by atoms with van der Waals surface area (Å²) >= 11 is 0. The van der Waals surface area contributed by atoms with Crippen molar-refractivity contribution in [2.45, 2.75) is 51.9 Å². The molecule has 0 bridgehead atoms. The average Bonchev–Trinajstić information content (AvgIpc) is 2.05. The van der Waals surface area contributed by atoms with Crippen LogP contribution in [-0.4, -0.2) is 30.7 Å². The molecular weight excluding hydrogens is 180 g/mol. The van der Waals surface area contributed by atoms with Crippen LogP contribution in [0.25, 0.3) is 0 Å². The lowest BCUT2D eigenvalue weighted by Crippen LogP contribution is -2.62. The summed E-state index contributed by atoms with van der Waals surface area (Å²) in [7, 11) is 0. The molecule has 14 heavy (non-hydrogen) atoms. The molecule has 0 amide bonds. The van der Waals surface area contributed by atoms with Crippen molar-refractivity contribution in [1.29, 1.82) is 0 Å². The van der Waals surface area contributed by atoms with Crippen molar-refractivity contribution < 1.29 is 14.3 Å². The number of hydrogen-bond donors (Lipinski definition) is 0. The molecule has 2 aliphatic heterocycles. The molecule has 80 valence electrons. The van der Waals surface area contributed by atoms with E-state index in [4.69, 9.17) is 9.47 Å². The van der Waals surface area contributed by atoms with E-state index >= 15 is 0 Å². The van der Waals surface area contributed by atoms with E-state index in [9.17, 15) is 4.79 Å². The van der Waals surface area contributed by atoms with Gasteiger partial charge in [0.1, 0.15) is 12.2 Å². The van der Waals surface area contributed by atoms with Gasteiger partial charge in [0.15, 0.2) is 5.78 Å². The smallest absolute Gasteiger partial charge is 0.169 e. The standard InChI is InChI=1S/C11H18O3/c1-11(2,3)10(12)9-8-7(14-9)5-4-6-13-8/h7-9H,4-6H2,1-3H3/t7-,8+,9+/m1/s1. The van der Waals surface area contributed by atoms with Crippen molar-refractivity contribution in [2.24, 2.45) is 5.41 Å². The Morgan fingerprint density at radius 2 is 2.07 bits per heavy atom. The number of carbonyl (C=O) groups excluding carboxylic acids is 1. The molecule has 0 radical (unpaired) electrons. The van der Waals surface area contributed by atoms with Gasteiger partial charge in [-0.2, -0.15) is 0 Å². The molecule has 2 fully saturated rings. The van der Waals surface area contributed by atoms with Crippen LogP contribution in [0.2, 0.25) is 0 Å². The third-order valence-corrected chi connectivity index (χ3v) is 2.93. The lowest BCUT2D eigenvalue weighted by molar-refractivity contribution is -0.255. The largest absolute Gasteiger partial charge is 0.372 e. The quantitative estimate of drug-likeness (QED) is 0.641. The fourth-order valence-electron chi connectivity index (χ4n) is 2.02. The Bertz CT molecular complexity index is 241. The van der Waals surface area contributed by atoms with E-state index in [-0.39, 0.29) is 29.5 Å². The van der Waals surface area contributed by atoms with Crippen LogP contribution < -0.4 is 0 Å². The third-order valence-electron chi connectivity index (χ3n) is 2.93. The lowest BCUT2D eigenvalue weighted by atomic mass is 9.81. The summed E-state index contributed by atoms with van der Waals surface area (Å²) in [6.07, 6.45) is 2.01. The second-order valence-corrected chi connectivity index (χ2v) is 5.19. The normalized spacial score (nSPS) is 37.2. The Morgan fingerprint density at radius 1 is 1.36 bits per heavy atom. The predicted molar refractivity (Wildman–Crippen MR) is 52.1 cm³/mol. The first-order valence-electron chi connectivity index (χ1n) is 5.31. The highest BCUT2D eigenvalue weighted by molar-refractivity contribution is 5.89. The summed E-state index contributed by atoms with van der Waals surface area (Å²) < 4.78 is 11.1. The highest BCUT2D eigenvalue weighted by Gasteiger charge is 2.50. The van der Waals surface area contributed by atoms with E-state index in [2.05, 4.69) is 0 Å². The highest BCUT2D eigenvalue weighted by Crippen LogP contribution is 2.35. The Balaban J connectivity index is 1.98. The number of ketones is 1. The minimum Gasteiger partial charge on any atom is -0.372 e. The Morgan fingerprint density at radius 3 is 2.64 bits per heavy atom. The van der Waals surface area contributed by atoms with E-state index in [0.29, 0.717) is 0 Å². The topological polar surface area (TPSA) is 35.5 Å².